The first-order valence-corrected chi connectivity index (χ1v) is 5.99. The highest BCUT2D eigenvalue weighted by molar-refractivity contribution is 7.99. The number of benzene rings is 1. The van der Waals surface area contributed by atoms with Gasteiger partial charge in [0.05, 0.1) is 0 Å². The van der Waals surface area contributed by atoms with Crippen molar-refractivity contribution in [2.45, 2.75) is 17.7 Å². The van der Waals surface area contributed by atoms with Gasteiger partial charge in [-0.25, -0.2) is 0 Å². The lowest BCUT2D eigenvalue weighted by Crippen LogP contribution is -1.87. The molecule has 0 aliphatic heterocycles. The minimum atomic E-state index is -0.262. The fourth-order valence-electron chi connectivity index (χ4n) is 0.932. The van der Waals surface area contributed by atoms with E-state index in [4.69, 9.17) is 23.2 Å². The average molecular weight is 249 g/mol. The Morgan fingerprint density at radius 2 is 1.93 bits per heavy atom. The Kier molecular flexibility index (Phi) is 5.38. The van der Waals surface area contributed by atoms with Gasteiger partial charge < -0.3 is 0 Å². The summed E-state index contributed by atoms with van der Waals surface area (Å²) in [5.74, 6) is 0.903. The molecule has 0 bridgehead atoms. The van der Waals surface area contributed by atoms with Crippen LogP contribution in [0.15, 0.2) is 29.2 Å². The fraction of sp³-hybridized carbons (Fsp3) is 0.300. The zero-order valence-corrected chi connectivity index (χ0v) is 9.83. The molecule has 1 nitrogen and oxygen atoms in total. The number of carbonyl (C=O) groups excluding carboxylic acids is 1. The summed E-state index contributed by atoms with van der Waals surface area (Å²) < 4.78 is 0. The standard InChI is InChI=1S/C10H10Cl2OS/c11-8-3-5-9(6-4-8)14-7-1-2-10(12)13/h3-6H,1-2,7H2. The van der Waals surface area contributed by atoms with E-state index < -0.39 is 0 Å². The van der Waals surface area contributed by atoms with Gasteiger partial charge in [0, 0.05) is 16.3 Å². The maximum Gasteiger partial charge on any atom is 0.221 e. The van der Waals surface area contributed by atoms with E-state index in [1.165, 1.54) is 0 Å². The van der Waals surface area contributed by atoms with E-state index in [2.05, 4.69) is 0 Å². The molecule has 0 heterocycles. The van der Waals surface area contributed by atoms with Crippen molar-refractivity contribution >= 4 is 40.2 Å². The number of carbonyl (C=O) groups is 1. The molecule has 0 spiro atoms. The Bertz CT molecular complexity index is 297. The quantitative estimate of drug-likeness (QED) is 0.446. The van der Waals surface area contributed by atoms with Crippen molar-refractivity contribution in [3.8, 4) is 0 Å². The van der Waals surface area contributed by atoms with Crippen LogP contribution in [-0.2, 0) is 4.79 Å². The molecule has 0 aliphatic rings. The molecule has 0 aliphatic carbocycles. The van der Waals surface area contributed by atoms with E-state index in [1.807, 2.05) is 24.3 Å². The third kappa shape index (κ3) is 4.89. The van der Waals surface area contributed by atoms with Crippen LogP contribution in [0.4, 0.5) is 0 Å². The summed E-state index contributed by atoms with van der Waals surface area (Å²) in [7, 11) is 0. The van der Waals surface area contributed by atoms with Gasteiger partial charge in [0.2, 0.25) is 5.24 Å². The summed E-state index contributed by atoms with van der Waals surface area (Å²) in [6.45, 7) is 0. The third-order valence-electron chi connectivity index (χ3n) is 1.60. The first-order valence-electron chi connectivity index (χ1n) is 4.25. The predicted octanol–water partition coefficient (Wildman–Crippen LogP) is 3.98. The molecule has 14 heavy (non-hydrogen) atoms. The number of hydrogen-bond donors (Lipinski definition) is 0. The molecule has 4 heteroatoms. The van der Waals surface area contributed by atoms with Crippen LogP contribution in [0.2, 0.25) is 5.02 Å². The number of rotatable bonds is 5. The van der Waals surface area contributed by atoms with Gasteiger partial charge in [0.1, 0.15) is 0 Å². The molecule has 0 fully saturated rings. The van der Waals surface area contributed by atoms with Crippen molar-refractivity contribution < 1.29 is 4.79 Å². The molecule has 0 saturated carbocycles. The molecule has 0 N–H and O–H groups in total. The Morgan fingerprint density at radius 1 is 1.29 bits per heavy atom. The SMILES string of the molecule is O=C(Cl)CCCSc1ccc(Cl)cc1. The van der Waals surface area contributed by atoms with Crippen LogP contribution in [0.5, 0.6) is 0 Å². The monoisotopic (exact) mass is 248 g/mol. The largest absolute Gasteiger partial charge is 0.281 e. The summed E-state index contributed by atoms with van der Waals surface area (Å²) in [5.41, 5.74) is 0. The maximum atomic E-state index is 10.4. The second-order valence-corrected chi connectivity index (χ2v) is 4.79. The molecule has 1 rings (SSSR count). The van der Waals surface area contributed by atoms with E-state index >= 15 is 0 Å². The lowest BCUT2D eigenvalue weighted by atomic mass is 10.4. The molecule has 0 amide bonds. The van der Waals surface area contributed by atoms with Gasteiger partial charge in [0.15, 0.2) is 0 Å². The third-order valence-corrected chi connectivity index (χ3v) is 3.14. The highest BCUT2D eigenvalue weighted by Crippen LogP contribution is 2.21. The molecule has 0 saturated heterocycles. The Morgan fingerprint density at radius 3 is 2.50 bits per heavy atom. The topological polar surface area (TPSA) is 17.1 Å². The Labute approximate surface area is 97.8 Å². The summed E-state index contributed by atoms with van der Waals surface area (Å²) in [5, 5.41) is 0.479. The van der Waals surface area contributed by atoms with Crippen LogP contribution in [0, 0.1) is 0 Å². The van der Waals surface area contributed by atoms with Crippen LogP contribution in [0.1, 0.15) is 12.8 Å². The summed E-state index contributed by atoms with van der Waals surface area (Å²) in [6, 6.07) is 7.65. The van der Waals surface area contributed by atoms with Crippen LogP contribution < -0.4 is 0 Å². The first-order chi connectivity index (χ1) is 6.68. The van der Waals surface area contributed by atoms with Gasteiger partial charge in [-0.1, -0.05) is 11.6 Å². The summed E-state index contributed by atoms with van der Waals surface area (Å²) in [6.07, 6.45) is 1.26. The smallest absolute Gasteiger partial charge is 0.221 e. The maximum absolute atomic E-state index is 10.4. The highest BCUT2D eigenvalue weighted by Gasteiger charge is 1.97. The van der Waals surface area contributed by atoms with Crippen molar-refractivity contribution in [3.05, 3.63) is 29.3 Å². The second kappa shape index (κ2) is 6.33. The van der Waals surface area contributed by atoms with Gasteiger partial charge in [0.25, 0.3) is 0 Å². The predicted molar refractivity (Wildman–Crippen MR) is 62.3 cm³/mol. The van der Waals surface area contributed by atoms with E-state index in [-0.39, 0.29) is 5.24 Å². The Hall–Kier alpha value is -0.180. The first kappa shape index (κ1) is 11.9. The summed E-state index contributed by atoms with van der Waals surface area (Å²) in [4.78, 5) is 11.6. The van der Waals surface area contributed by atoms with Gasteiger partial charge in [-0.3, -0.25) is 4.79 Å². The minimum absolute atomic E-state index is 0.262. The molecule has 0 unspecified atom stereocenters. The van der Waals surface area contributed by atoms with Gasteiger partial charge in [-0.2, -0.15) is 0 Å². The number of thioether (sulfide) groups is 1. The number of hydrogen-bond acceptors (Lipinski definition) is 2. The van der Waals surface area contributed by atoms with Gasteiger partial charge >= 0.3 is 0 Å². The van der Waals surface area contributed by atoms with Crippen molar-refractivity contribution in [1.82, 2.24) is 0 Å². The molecule has 0 atom stereocenters. The molecule has 1 aromatic carbocycles. The fourth-order valence-corrected chi connectivity index (χ4v) is 2.04. The van der Waals surface area contributed by atoms with Crippen LogP contribution in [-0.4, -0.2) is 11.0 Å². The average Bonchev–Trinajstić information content (AvgIpc) is 2.15. The molecule has 76 valence electrons. The van der Waals surface area contributed by atoms with Crippen molar-refractivity contribution in [1.29, 1.82) is 0 Å². The summed E-state index contributed by atoms with van der Waals surface area (Å²) >= 11 is 12.7. The zero-order chi connectivity index (χ0) is 10.4. The molecule has 1 aromatic rings. The highest BCUT2D eigenvalue weighted by atomic mass is 35.5. The van der Waals surface area contributed by atoms with E-state index in [0.717, 1.165) is 22.1 Å². The lowest BCUT2D eigenvalue weighted by molar-refractivity contribution is -0.111. The van der Waals surface area contributed by atoms with Crippen molar-refractivity contribution in [3.63, 3.8) is 0 Å². The van der Waals surface area contributed by atoms with Crippen LogP contribution >= 0.6 is 35.0 Å². The molecule has 0 radical (unpaired) electrons. The molecular weight excluding hydrogens is 239 g/mol. The van der Waals surface area contributed by atoms with Gasteiger partial charge in [-0.15, -0.1) is 11.8 Å². The number of halogens is 2. The Balaban J connectivity index is 2.25. The normalized spacial score (nSPS) is 10.1. The minimum Gasteiger partial charge on any atom is -0.281 e. The zero-order valence-electron chi connectivity index (χ0n) is 7.50. The molecular formula is C10H10Cl2OS. The van der Waals surface area contributed by atoms with Gasteiger partial charge in [-0.05, 0) is 48.0 Å². The lowest BCUT2D eigenvalue weighted by Gasteiger charge is -1.99. The van der Waals surface area contributed by atoms with E-state index in [0.29, 0.717) is 6.42 Å². The van der Waals surface area contributed by atoms with E-state index in [1.54, 1.807) is 11.8 Å². The van der Waals surface area contributed by atoms with Crippen LogP contribution in [0.3, 0.4) is 0 Å². The molecule has 0 aromatic heterocycles. The van der Waals surface area contributed by atoms with Crippen molar-refractivity contribution in [2.24, 2.45) is 0 Å². The van der Waals surface area contributed by atoms with Crippen LogP contribution in [0.25, 0.3) is 0 Å². The second-order valence-electron chi connectivity index (χ2n) is 2.76. The van der Waals surface area contributed by atoms with Crippen molar-refractivity contribution in [2.75, 3.05) is 5.75 Å². The van der Waals surface area contributed by atoms with E-state index in [9.17, 15) is 4.79 Å².